The van der Waals surface area contributed by atoms with Crippen LogP contribution < -0.4 is 21.5 Å². The van der Waals surface area contributed by atoms with Gasteiger partial charge in [-0.1, -0.05) is 30.3 Å². The Morgan fingerprint density at radius 3 is 2.19 bits per heavy atom. The van der Waals surface area contributed by atoms with Crippen molar-refractivity contribution in [2.45, 2.75) is 13.8 Å². The van der Waals surface area contributed by atoms with Crippen LogP contribution in [0.25, 0.3) is 16.8 Å². The van der Waals surface area contributed by atoms with Crippen molar-refractivity contribution in [1.29, 1.82) is 0 Å². The monoisotopic (exact) mass is 346 g/mol. The molecule has 0 aromatic heterocycles. The van der Waals surface area contributed by atoms with E-state index in [0.29, 0.717) is 0 Å². The number of hydrogen-bond donors (Lipinski definition) is 3. The van der Waals surface area contributed by atoms with Gasteiger partial charge in [0, 0.05) is 24.2 Å². The minimum absolute atomic E-state index is 1.01. The highest BCUT2D eigenvalue weighted by Gasteiger charge is 2.05. The Labute approximate surface area is 155 Å². The third-order valence-corrected chi connectivity index (χ3v) is 4.57. The van der Waals surface area contributed by atoms with Crippen LogP contribution in [0.3, 0.4) is 0 Å². The molecule has 0 aliphatic carbocycles. The summed E-state index contributed by atoms with van der Waals surface area (Å²) in [6.45, 7) is 6.37. The molecule has 0 saturated heterocycles. The Hall–Kier alpha value is -3.14. The van der Waals surface area contributed by atoms with Crippen molar-refractivity contribution in [3.63, 3.8) is 0 Å². The van der Waals surface area contributed by atoms with E-state index in [0.717, 1.165) is 40.8 Å². The summed E-state index contributed by atoms with van der Waals surface area (Å²) in [6, 6.07) is 20.9. The van der Waals surface area contributed by atoms with Gasteiger partial charge in [0.1, 0.15) is 0 Å². The number of nitrogens with two attached hydrogens (primary N) is 1. The van der Waals surface area contributed by atoms with Crippen molar-refractivity contribution >= 4 is 33.9 Å². The summed E-state index contributed by atoms with van der Waals surface area (Å²) >= 11 is 0. The molecule has 0 spiro atoms. The molecule has 0 unspecified atom stereocenters. The first-order valence-electron chi connectivity index (χ1n) is 9.04. The minimum Gasteiger partial charge on any atom is -0.405 e. The second-order valence-corrected chi connectivity index (χ2v) is 6.08. The third-order valence-electron chi connectivity index (χ3n) is 4.57. The fourth-order valence-electron chi connectivity index (χ4n) is 3.16. The largest absolute Gasteiger partial charge is 0.405 e. The first-order chi connectivity index (χ1) is 12.8. The molecular weight excluding hydrogens is 320 g/mol. The van der Waals surface area contributed by atoms with Crippen LogP contribution in [-0.4, -0.2) is 13.1 Å². The maximum absolute atomic E-state index is 5.57. The van der Waals surface area contributed by atoms with Gasteiger partial charge in [-0.05, 0) is 67.4 Å². The van der Waals surface area contributed by atoms with Gasteiger partial charge in [0.05, 0.1) is 11.4 Å². The van der Waals surface area contributed by atoms with Crippen molar-refractivity contribution in [2.24, 2.45) is 5.73 Å². The SMILES string of the molecule is CCN(CC)c1ccc(NNc2ccc(/C=C\N)c3ccccc23)cc1. The standard InChI is InChI=1S/C22H26N4/c1-3-26(4-2)19-12-10-18(11-13-19)24-25-22-14-9-17(15-16-23)20-7-5-6-8-21(20)22/h5-16,24-25H,3-4,23H2,1-2H3/b16-15-. The molecule has 0 bridgehead atoms. The highest BCUT2D eigenvalue weighted by atomic mass is 15.4. The fourth-order valence-corrected chi connectivity index (χ4v) is 3.16. The molecule has 4 nitrogen and oxygen atoms in total. The number of benzene rings is 3. The van der Waals surface area contributed by atoms with Crippen LogP contribution in [0.2, 0.25) is 0 Å². The van der Waals surface area contributed by atoms with E-state index in [1.165, 1.54) is 5.69 Å². The second kappa shape index (κ2) is 8.30. The molecule has 26 heavy (non-hydrogen) atoms. The van der Waals surface area contributed by atoms with Crippen LogP contribution in [-0.2, 0) is 0 Å². The van der Waals surface area contributed by atoms with Gasteiger partial charge in [-0.15, -0.1) is 0 Å². The quantitative estimate of drug-likeness (QED) is 0.524. The molecule has 0 amide bonds. The number of rotatable bonds is 7. The summed E-state index contributed by atoms with van der Waals surface area (Å²) in [5, 5.41) is 2.31. The molecule has 0 aliphatic heterocycles. The van der Waals surface area contributed by atoms with E-state index < -0.39 is 0 Å². The zero-order valence-electron chi connectivity index (χ0n) is 15.4. The summed E-state index contributed by atoms with van der Waals surface area (Å²) in [4.78, 5) is 2.33. The smallest absolute Gasteiger partial charge is 0.0618 e. The lowest BCUT2D eigenvalue weighted by molar-refractivity contribution is 0.866. The predicted molar refractivity (Wildman–Crippen MR) is 114 cm³/mol. The van der Waals surface area contributed by atoms with Crippen molar-refractivity contribution in [2.75, 3.05) is 28.8 Å². The van der Waals surface area contributed by atoms with Crippen molar-refractivity contribution < 1.29 is 0 Å². The normalized spacial score (nSPS) is 11.0. The minimum atomic E-state index is 1.01. The maximum atomic E-state index is 5.57. The Balaban J connectivity index is 1.79. The lowest BCUT2D eigenvalue weighted by Gasteiger charge is -2.21. The van der Waals surface area contributed by atoms with Gasteiger partial charge in [-0.3, -0.25) is 0 Å². The van der Waals surface area contributed by atoms with Crippen LogP contribution in [0.4, 0.5) is 17.1 Å². The average molecular weight is 346 g/mol. The molecule has 0 atom stereocenters. The molecule has 0 aliphatic rings. The molecule has 4 heteroatoms. The van der Waals surface area contributed by atoms with Gasteiger partial charge in [0.15, 0.2) is 0 Å². The molecule has 0 saturated carbocycles. The maximum Gasteiger partial charge on any atom is 0.0618 e. The highest BCUT2D eigenvalue weighted by Crippen LogP contribution is 2.28. The average Bonchev–Trinajstić information content (AvgIpc) is 2.69. The molecule has 0 heterocycles. The lowest BCUT2D eigenvalue weighted by Crippen LogP contribution is -2.21. The summed E-state index contributed by atoms with van der Waals surface area (Å²) in [5.41, 5.74) is 16.6. The van der Waals surface area contributed by atoms with E-state index in [1.807, 2.05) is 18.2 Å². The topological polar surface area (TPSA) is 53.3 Å². The number of nitrogens with zero attached hydrogens (tertiary/aromatic N) is 1. The van der Waals surface area contributed by atoms with Crippen LogP contribution in [0.1, 0.15) is 19.4 Å². The molecule has 0 radical (unpaired) electrons. The predicted octanol–water partition coefficient (Wildman–Crippen LogP) is 5.05. The summed E-state index contributed by atoms with van der Waals surface area (Å²) in [7, 11) is 0. The first kappa shape index (κ1) is 17.7. The highest BCUT2D eigenvalue weighted by molar-refractivity contribution is 5.99. The number of nitrogens with one attached hydrogen (secondary N) is 2. The molecule has 0 fully saturated rings. The van der Waals surface area contributed by atoms with Gasteiger partial charge < -0.3 is 21.5 Å². The van der Waals surface area contributed by atoms with Gasteiger partial charge in [0.25, 0.3) is 0 Å². The Bertz CT molecular complexity index is 880. The second-order valence-electron chi connectivity index (χ2n) is 6.08. The van der Waals surface area contributed by atoms with Gasteiger partial charge in [-0.2, -0.15) is 0 Å². The van der Waals surface area contributed by atoms with Crippen LogP contribution in [0, 0.1) is 0 Å². The molecular formula is C22H26N4. The van der Waals surface area contributed by atoms with E-state index in [9.17, 15) is 0 Å². The van der Waals surface area contributed by atoms with Gasteiger partial charge >= 0.3 is 0 Å². The zero-order valence-corrected chi connectivity index (χ0v) is 15.4. The van der Waals surface area contributed by atoms with E-state index in [4.69, 9.17) is 5.73 Å². The lowest BCUT2D eigenvalue weighted by atomic mass is 10.0. The van der Waals surface area contributed by atoms with Gasteiger partial charge in [0.2, 0.25) is 0 Å². The summed E-state index contributed by atoms with van der Waals surface area (Å²) < 4.78 is 0. The third kappa shape index (κ3) is 3.75. The molecule has 3 aromatic rings. The van der Waals surface area contributed by atoms with E-state index in [-0.39, 0.29) is 0 Å². The number of fused-ring (bicyclic) bond motifs is 1. The van der Waals surface area contributed by atoms with E-state index in [2.05, 4.69) is 78.1 Å². The van der Waals surface area contributed by atoms with E-state index >= 15 is 0 Å². The van der Waals surface area contributed by atoms with Crippen molar-refractivity contribution in [3.05, 3.63) is 72.4 Å². The van der Waals surface area contributed by atoms with E-state index in [1.54, 1.807) is 6.20 Å². The summed E-state index contributed by atoms with van der Waals surface area (Å²) in [5.74, 6) is 0. The zero-order chi connectivity index (χ0) is 18.4. The number of hydrazine groups is 1. The summed E-state index contributed by atoms with van der Waals surface area (Å²) in [6.07, 6.45) is 3.50. The number of hydrogen-bond acceptors (Lipinski definition) is 4. The van der Waals surface area contributed by atoms with Crippen LogP contribution in [0.5, 0.6) is 0 Å². The molecule has 3 aromatic carbocycles. The Morgan fingerprint density at radius 2 is 1.54 bits per heavy atom. The molecule has 4 N–H and O–H groups in total. The Kier molecular flexibility index (Phi) is 5.64. The number of anilines is 3. The molecule has 134 valence electrons. The van der Waals surface area contributed by atoms with Crippen molar-refractivity contribution in [3.8, 4) is 0 Å². The van der Waals surface area contributed by atoms with Crippen LogP contribution in [0.15, 0.2) is 66.9 Å². The first-order valence-corrected chi connectivity index (χ1v) is 9.04. The Morgan fingerprint density at radius 1 is 0.846 bits per heavy atom. The van der Waals surface area contributed by atoms with Crippen LogP contribution >= 0.6 is 0 Å². The van der Waals surface area contributed by atoms with Crippen molar-refractivity contribution in [1.82, 2.24) is 0 Å². The fraction of sp³-hybridized carbons (Fsp3) is 0.182. The van der Waals surface area contributed by atoms with Gasteiger partial charge in [-0.25, -0.2) is 0 Å². The molecule has 3 rings (SSSR count).